The lowest BCUT2D eigenvalue weighted by molar-refractivity contribution is -0.964. The lowest BCUT2D eigenvalue weighted by Gasteiger charge is -2.51. The van der Waals surface area contributed by atoms with Gasteiger partial charge in [0.05, 0.1) is 38.8 Å². The van der Waals surface area contributed by atoms with E-state index in [-0.39, 0.29) is 4.48 Å². The van der Waals surface area contributed by atoms with Gasteiger partial charge in [0.1, 0.15) is 29.5 Å². The van der Waals surface area contributed by atoms with Crippen LogP contribution in [-0.4, -0.2) is 105 Å². The Morgan fingerprint density at radius 3 is 2.49 bits per heavy atom. The van der Waals surface area contributed by atoms with Crippen molar-refractivity contribution in [3.63, 3.8) is 0 Å². The van der Waals surface area contributed by atoms with Gasteiger partial charge < -0.3 is 34.8 Å². The molecule has 5 atom stereocenters. The van der Waals surface area contributed by atoms with E-state index >= 15 is 0 Å². The topological polar surface area (TPSA) is 132 Å². The number of nitrogens with zero attached hydrogens (tertiary/aromatic N) is 3. The fraction of sp³-hybridized carbons (Fsp3) is 0.417. The van der Waals surface area contributed by atoms with E-state index in [0.717, 1.165) is 5.56 Å². The monoisotopic (exact) mass is 504 g/mol. The molecule has 35 heavy (non-hydrogen) atoms. The summed E-state index contributed by atoms with van der Waals surface area (Å²) in [6, 6.07) is 12.9. The van der Waals surface area contributed by atoms with Gasteiger partial charge in [0.2, 0.25) is 6.23 Å². The van der Waals surface area contributed by atoms with E-state index in [1.807, 2.05) is 43.4 Å². The normalized spacial score (nSPS) is 29.8. The van der Waals surface area contributed by atoms with Gasteiger partial charge in [-0.3, -0.25) is 4.48 Å². The molecule has 0 radical (unpaired) electrons. The standard InChI is InChI=1S/C24H26ClN3O7/c1-28(23-20(31)18(29)19(30)21(35-23)24(32)33)10-8-27(9-11-28)22-14-12-13(25)6-7-16(14)34-17-5-3-2-4-15(17)26-22/h2-7,12,18-21,23,29-31H,8-11H2,1H3/p+1/t18?,19-,20?,21-,23+/m0/s1. The average molecular weight is 505 g/mol. The highest BCUT2D eigenvalue weighted by Gasteiger charge is 2.54. The Hall–Kier alpha value is -2.73. The highest BCUT2D eigenvalue weighted by atomic mass is 35.5. The van der Waals surface area contributed by atoms with E-state index in [1.165, 1.54) is 0 Å². The second-order valence-electron chi connectivity index (χ2n) is 9.32. The van der Waals surface area contributed by atoms with Crippen LogP contribution in [0.15, 0.2) is 47.5 Å². The average Bonchev–Trinajstić information content (AvgIpc) is 2.99. The largest absolute Gasteiger partial charge is 0.479 e. The minimum absolute atomic E-state index is 0.161. The summed E-state index contributed by atoms with van der Waals surface area (Å²) in [5.74, 6) is 0.574. The van der Waals surface area contributed by atoms with Gasteiger partial charge in [0.25, 0.3) is 0 Å². The molecule has 0 spiro atoms. The van der Waals surface area contributed by atoms with E-state index in [1.54, 1.807) is 6.07 Å². The molecule has 10 nitrogen and oxygen atoms in total. The van der Waals surface area contributed by atoms with Crippen LogP contribution < -0.4 is 4.74 Å². The fourth-order valence-electron chi connectivity index (χ4n) is 4.90. The van der Waals surface area contributed by atoms with Gasteiger partial charge in [-0.15, -0.1) is 0 Å². The number of ether oxygens (including phenoxy) is 2. The molecule has 0 aliphatic carbocycles. The van der Waals surface area contributed by atoms with Crippen LogP contribution in [0.2, 0.25) is 5.02 Å². The lowest BCUT2D eigenvalue weighted by Crippen LogP contribution is -2.72. The summed E-state index contributed by atoms with van der Waals surface area (Å²) in [7, 11) is 1.84. The Balaban J connectivity index is 1.42. The van der Waals surface area contributed by atoms with E-state index < -0.39 is 36.6 Å². The zero-order chi connectivity index (χ0) is 24.9. The van der Waals surface area contributed by atoms with Gasteiger partial charge in [-0.1, -0.05) is 23.7 Å². The zero-order valence-corrected chi connectivity index (χ0v) is 19.7. The predicted molar refractivity (Wildman–Crippen MR) is 126 cm³/mol. The second-order valence-corrected chi connectivity index (χ2v) is 9.75. The number of carbonyl (C=O) groups is 1. The van der Waals surface area contributed by atoms with Crippen LogP contribution in [0.25, 0.3) is 0 Å². The molecule has 2 saturated heterocycles. The van der Waals surface area contributed by atoms with Crippen LogP contribution in [0.4, 0.5) is 5.69 Å². The first-order chi connectivity index (χ1) is 16.7. The molecule has 2 fully saturated rings. The smallest absolute Gasteiger partial charge is 0.335 e. The summed E-state index contributed by atoms with van der Waals surface area (Å²) in [6.07, 6.45) is -7.42. The van der Waals surface area contributed by atoms with Crippen molar-refractivity contribution in [3.8, 4) is 11.5 Å². The molecular weight excluding hydrogens is 478 g/mol. The Morgan fingerprint density at radius 2 is 1.77 bits per heavy atom. The molecule has 2 aromatic rings. The van der Waals surface area contributed by atoms with Gasteiger partial charge in [-0.2, -0.15) is 0 Å². The maximum Gasteiger partial charge on any atom is 0.335 e. The maximum absolute atomic E-state index is 11.6. The fourth-order valence-corrected chi connectivity index (χ4v) is 5.08. The molecule has 0 aromatic heterocycles. The van der Waals surface area contributed by atoms with Crippen molar-refractivity contribution in [2.45, 2.75) is 30.6 Å². The van der Waals surface area contributed by atoms with Crippen molar-refractivity contribution in [2.24, 2.45) is 4.99 Å². The summed E-state index contributed by atoms with van der Waals surface area (Å²) >= 11 is 6.30. The van der Waals surface area contributed by atoms with Crippen molar-refractivity contribution < 1.29 is 39.2 Å². The first kappa shape index (κ1) is 24.0. The second kappa shape index (κ2) is 9.05. The quantitative estimate of drug-likeness (QED) is 0.448. The third-order valence-electron chi connectivity index (χ3n) is 7.00. The van der Waals surface area contributed by atoms with Crippen molar-refractivity contribution in [2.75, 3.05) is 33.2 Å². The van der Waals surface area contributed by atoms with E-state index in [0.29, 0.717) is 54.2 Å². The number of likely N-dealkylation sites (N-methyl/N-ethyl adjacent to an activating group) is 1. The Kier molecular flexibility index (Phi) is 6.20. The number of benzene rings is 2. The van der Waals surface area contributed by atoms with Crippen molar-refractivity contribution >= 4 is 29.1 Å². The lowest BCUT2D eigenvalue weighted by atomic mass is 9.96. The van der Waals surface area contributed by atoms with Crippen LogP contribution in [0, 0.1) is 0 Å². The molecule has 3 heterocycles. The van der Waals surface area contributed by atoms with Gasteiger partial charge in [-0.05, 0) is 30.3 Å². The molecule has 3 aliphatic heterocycles. The van der Waals surface area contributed by atoms with Crippen LogP contribution in [0.5, 0.6) is 11.5 Å². The first-order valence-corrected chi connectivity index (χ1v) is 11.7. The Bertz CT molecular complexity index is 1170. The number of quaternary nitrogens is 1. The summed E-state index contributed by atoms with van der Waals surface area (Å²) < 4.78 is 11.9. The molecule has 2 aromatic carbocycles. The van der Waals surface area contributed by atoms with E-state index in [2.05, 4.69) is 4.90 Å². The number of piperazine rings is 1. The van der Waals surface area contributed by atoms with Gasteiger partial charge in [0, 0.05) is 5.02 Å². The van der Waals surface area contributed by atoms with Gasteiger partial charge >= 0.3 is 5.97 Å². The molecule has 3 aliphatic rings. The molecule has 186 valence electrons. The molecule has 11 heteroatoms. The maximum atomic E-state index is 11.6. The number of aliphatic imine (C=N–C) groups is 1. The minimum atomic E-state index is -1.71. The number of aliphatic hydroxyl groups is 3. The Morgan fingerprint density at radius 1 is 1.06 bits per heavy atom. The van der Waals surface area contributed by atoms with Gasteiger partial charge in [-0.25, -0.2) is 9.79 Å². The summed E-state index contributed by atoms with van der Waals surface area (Å²) in [5, 5.41) is 40.9. The number of halogens is 1. The van der Waals surface area contributed by atoms with Crippen LogP contribution in [0.1, 0.15) is 5.56 Å². The third-order valence-corrected chi connectivity index (χ3v) is 7.24. The number of amidine groups is 1. The van der Waals surface area contributed by atoms with E-state index in [4.69, 9.17) is 26.1 Å². The number of aliphatic hydroxyl groups excluding tert-OH is 3. The molecular formula is C24H27ClN3O7+. The van der Waals surface area contributed by atoms with Crippen LogP contribution >= 0.6 is 11.6 Å². The SMILES string of the molecule is C[N+]1([C@@H]2O[C@H](C(=O)O)[C@@H](O)C(O)C2O)CCN(C2=Nc3ccccc3Oc3ccc(Cl)cc32)CC1. The molecule has 0 amide bonds. The third kappa shape index (κ3) is 4.26. The number of carboxylic acid groups (broad SMARTS) is 1. The van der Waals surface area contributed by atoms with Crippen molar-refractivity contribution in [3.05, 3.63) is 53.1 Å². The van der Waals surface area contributed by atoms with Crippen LogP contribution in [-0.2, 0) is 9.53 Å². The number of fused-ring (bicyclic) bond motifs is 2. The minimum Gasteiger partial charge on any atom is -0.479 e. The molecule has 4 N–H and O–H groups in total. The summed E-state index contributed by atoms with van der Waals surface area (Å²) in [4.78, 5) is 18.5. The predicted octanol–water partition coefficient (Wildman–Crippen LogP) is 1.18. The number of rotatable bonds is 2. The number of para-hydroxylation sites is 2. The van der Waals surface area contributed by atoms with Gasteiger partial charge in [0.15, 0.2) is 18.0 Å². The number of hydrogen-bond donors (Lipinski definition) is 4. The molecule has 2 unspecified atom stereocenters. The van der Waals surface area contributed by atoms with Crippen molar-refractivity contribution in [1.29, 1.82) is 0 Å². The van der Waals surface area contributed by atoms with E-state index in [9.17, 15) is 25.2 Å². The number of aliphatic carboxylic acids is 1. The van der Waals surface area contributed by atoms with Crippen LogP contribution in [0.3, 0.4) is 0 Å². The number of hydrogen-bond acceptors (Lipinski definition) is 8. The number of carboxylic acids is 1. The highest BCUT2D eigenvalue weighted by molar-refractivity contribution is 6.31. The summed E-state index contributed by atoms with van der Waals surface area (Å²) in [5.41, 5.74) is 1.44. The molecule has 0 saturated carbocycles. The highest BCUT2D eigenvalue weighted by Crippen LogP contribution is 2.39. The molecule has 0 bridgehead atoms. The first-order valence-electron chi connectivity index (χ1n) is 11.3. The molecule has 5 rings (SSSR count). The zero-order valence-electron chi connectivity index (χ0n) is 19.0. The Labute approximate surface area is 206 Å². The van der Waals surface area contributed by atoms with Crippen molar-refractivity contribution in [1.82, 2.24) is 4.90 Å². The summed E-state index contributed by atoms with van der Waals surface area (Å²) in [6.45, 7) is 1.95.